The molecule has 2 aliphatic rings. The molecule has 0 unspecified atom stereocenters. The Morgan fingerprint density at radius 1 is 1.04 bits per heavy atom. The van der Waals surface area contributed by atoms with Crippen molar-refractivity contribution in [1.29, 1.82) is 0 Å². The number of alkyl halides is 2. The Morgan fingerprint density at radius 3 is 2.32 bits per heavy atom. The number of anilines is 1. The van der Waals surface area contributed by atoms with Crippen LogP contribution in [0.5, 0.6) is 0 Å². The second-order valence-corrected chi connectivity index (χ2v) is 7.05. The van der Waals surface area contributed by atoms with E-state index in [1.807, 2.05) is 0 Å². The molecule has 0 bridgehead atoms. The molecule has 0 N–H and O–H groups in total. The van der Waals surface area contributed by atoms with E-state index in [2.05, 4.69) is 0 Å². The molecule has 2 aliphatic heterocycles. The summed E-state index contributed by atoms with van der Waals surface area (Å²) in [7, 11) is 1.71. The van der Waals surface area contributed by atoms with E-state index in [1.54, 1.807) is 40.8 Å². The van der Waals surface area contributed by atoms with Crippen molar-refractivity contribution in [3.8, 4) is 0 Å². The summed E-state index contributed by atoms with van der Waals surface area (Å²) in [5.41, 5.74) is 0.579. The molecule has 1 aromatic rings. The zero-order valence-electron chi connectivity index (χ0n) is 14.7. The molecule has 140 valence electrons. The van der Waals surface area contributed by atoms with E-state index >= 15 is 0 Å². The highest BCUT2D eigenvalue weighted by molar-refractivity contribution is 5.50. The van der Waals surface area contributed by atoms with Gasteiger partial charge in [-0.1, -0.05) is 13.0 Å². The maximum Gasteiger partial charge on any atom is 0.275 e. The molecule has 3 nitrogen and oxygen atoms in total. The van der Waals surface area contributed by atoms with Crippen LogP contribution in [-0.2, 0) is 6.42 Å². The normalized spacial score (nSPS) is 25.4. The Hall–Kier alpha value is -1.34. The predicted molar refractivity (Wildman–Crippen MR) is 90.4 cm³/mol. The number of aryl methyl sites for hydroxylation is 1. The zero-order chi connectivity index (χ0) is 18.2. The second-order valence-electron chi connectivity index (χ2n) is 7.05. The van der Waals surface area contributed by atoms with Gasteiger partial charge in [-0.15, -0.1) is 0 Å². The minimum absolute atomic E-state index is 0.226. The lowest BCUT2D eigenvalue weighted by Crippen LogP contribution is -2.61. The Bertz CT molecular complexity index is 615. The summed E-state index contributed by atoms with van der Waals surface area (Å²) in [6, 6.07) is 2.43. The summed E-state index contributed by atoms with van der Waals surface area (Å²) in [6.45, 7) is 3.91. The lowest BCUT2D eigenvalue weighted by Gasteiger charge is -2.46. The summed E-state index contributed by atoms with van der Waals surface area (Å²) in [5.74, 6) is -4.38. The lowest BCUT2D eigenvalue weighted by molar-refractivity contribution is -0.123. The zero-order valence-corrected chi connectivity index (χ0v) is 14.7. The van der Waals surface area contributed by atoms with Gasteiger partial charge in [0.2, 0.25) is 0 Å². The van der Waals surface area contributed by atoms with E-state index < -0.39 is 23.6 Å². The van der Waals surface area contributed by atoms with Crippen molar-refractivity contribution in [3.05, 3.63) is 29.3 Å². The number of rotatable bonds is 3. The maximum atomic E-state index is 14.3. The molecule has 25 heavy (non-hydrogen) atoms. The summed E-state index contributed by atoms with van der Waals surface area (Å²) >= 11 is 0. The first kappa shape index (κ1) is 18.5. The van der Waals surface area contributed by atoms with Gasteiger partial charge in [0.15, 0.2) is 11.6 Å². The van der Waals surface area contributed by atoms with Crippen LogP contribution in [0.2, 0.25) is 0 Å². The van der Waals surface area contributed by atoms with Crippen LogP contribution in [0, 0.1) is 11.6 Å². The highest BCUT2D eigenvalue weighted by Crippen LogP contribution is 2.32. The first-order chi connectivity index (χ1) is 11.8. The number of piperazine rings is 1. The molecule has 0 spiro atoms. The molecule has 2 heterocycles. The summed E-state index contributed by atoms with van der Waals surface area (Å²) in [4.78, 5) is 5.21. The topological polar surface area (TPSA) is 9.72 Å². The maximum absolute atomic E-state index is 14.3. The standard InChI is InChI=1S/C18H25F4N3/c1-3-13-4-5-14(17(20)16(13)19)24-8-10-25(11-9-24)15-6-7-23(2)12-18(15,21)22/h4-5,15H,3,6-12H2,1-2H3/t15-/m1/s1. The van der Waals surface area contributed by atoms with Crippen molar-refractivity contribution >= 4 is 5.69 Å². The van der Waals surface area contributed by atoms with Gasteiger partial charge < -0.3 is 9.80 Å². The van der Waals surface area contributed by atoms with Crippen molar-refractivity contribution in [2.75, 3.05) is 51.2 Å². The van der Waals surface area contributed by atoms with E-state index in [1.165, 1.54) is 0 Å². The fraction of sp³-hybridized carbons (Fsp3) is 0.667. The Morgan fingerprint density at radius 2 is 1.72 bits per heavy atom. The molecule has 0 radical (unpaired) electrons. The molecule has 2 saturated heterocycles. The highest BCUT2D eigenvalue weighted by atomic mass is 19.3. The van der Waals surface area contributed by atoms with Gasteiger partial charge in [0.05, 0.1) is 18.3 Å². The first-order valence-corrected chi connectivity index (χ1v) is 8.85. The van der Waals surface area contributed by atoms with Crippen LogP contribution in [0.15, 0.2) is 12.1 Å². The molecule has 0 saturated carbocycles. The Balaban J connectivity index is 1.67. The lowest BCUT2D eigenvalue weighted by atomic mass is 9.98. The van der Waals surface area contributed by atoms with Crippen molar-refractivity contribution in [2.24, 2.45) is 0 Å². The van der Waals surface area contributed by atoms with Crippen molar-refractivity contribution in [2.45, 2.75) is 31.7 Å². The van der Waals surface area contributed by atoms with Gasteiger partial charge in [-0.3, -0.25) is 4.90 Å². The fourth-order valence-electron chi connectivity index (χ4n) is 3.92. The molecule has 1 atom stereocenters. The van der Waals surface area contributed by atoms with E-state index in [0.717, 1.165) is 0 Å². The van der Waals surface area contributed by atoms with Crippen LogP contribution in [0.4, 0.5) is 23.2 Å². The average Bonchev–Trinajstić information content (AvgIpc) is 2.57. The third-order valence-corrected chi connectivity index (χ3v) is 5.37. The van der Waals surface area contributed by atoms with Gasteiger partial charge in [-0.2, -0.15) is 0 Å². The van der Waals surface area contributed by atoms with Crippen molar-refractivity contribution in [3.63, 3.8) is 0 Å². The molecular formula is C18H25F4N3. The number of halogens is 4. The highest BCUT2D eigenvalue weighted by Gasteiger charge is 2.47. The third kappa shape index (κ3) is 3.62. The molecular weight excluding hydrogens is 334 g/mol. The molecule has 0 aliphatic carbocycles. The van der Waals surface area contributed by atoms with Gasteiger partial charge in [0, 0.05) is 26.2 Å². The van der Waals surface area contributed by atoms with Gasteiger partial charge in [-0.25, -0.2) is 17.6 Å². The summed E-state index contributed by atoms with van der Waals surface area (Å²) in [6.07, 6.45) is 0.861. The number of hydrogen-bond acceptors (Lipinski definition) is 3. The minimum atomic E-state index is -2.74. The van der Waals surface area contributed by atoms with Crippen molar-refractivity contribution < 1.29 is 17.6 Å². The van der Waals surface area contributed by atoms with Crippen LogP contribution >= 0.6 is 0 Å². The minimum Gasteiger partial charge on any atom is -0.367 e. The number of hydrogen-bond donors (Lipinski definition) is 0. The van der Waals surface area contributed by atoms with Gasteiger partial charge in [0.25, 0.3) is 5.92 Å². The van der Waals surface area contributed by atoms with E-state index in [4.69, 9.17) is 0 Å². The number of likely N-dealkylation sites (tertiary alicyclic amines) is 1. The number of benzene rings is 1. The van der Waals surface area contributed by atoms with Gasteiger partial charge in [0.1, 0.15) is 0 Å². The quantitative estimate of drug-likeness (QED) is 0.769. The van der Waals surface area contributed by atoms with Crippen LogP contribution in [0.1, 0.15) is 18.9 Å². The van der Waals surface area contributed by atoms with Gasteiger partial charge in [-0.05, 0) is 38.1 Å². The SMILES string of the molecule is CCc1ccc(N2CCN([C@@H]3CCN(C)CC3(F)F)CC2)c(F)c1F. The smallest absolute Gasteiger partial charge is 0.275 e. The van der Waals surface area contributed by atoms with Crippen LogP contribution in [0.25, 0.3) is 0 Å². The van der Waals surface area contributed by atoms with Crippen LogP contribution < -0.4 is 4.90 Å². The van der Waals surface area contributed by atoms with E-state index in [0.29, 0.717) is 51.1 Å². The average molecular weight is 359 g/mol. The summed E-state index contributed by atoms with van der Waals surface area (Å²) in [5, 5.41) is 0. The van der Waals surface area contributed by atoms with Crippen LogP contribution in [-0.4, -0.2) is 68.1 Å². The summed E-state index contributed by atoms with van der Waals surface area (Å²) < 4.78 is 56.9. The third-order valence-electron chi connectivity index (χ3n) is 5.37. The van der Waals surface area contributed by atoms with Crippen molar-refractivity contribution in [1.82, 2.24) is 9.80 Å². The van der Waals surface area contributed by atoms with E-state index in [9.17, 15) is 17.6 Å². The van der Waals surface area contributed by atoms with Gasteiger partial charge >= 0.3 is 0 Å². The molecule has 2 fully saturated rings. The molecule has 1 aromatic carbocycles. The first-order valence-electron chi connectivity index (χ1n) is 8.85. The fourth-order valence-corrected chi connectivity index (χ4v) is 3.92. The Labute approximate surface area is 146 Å². The largest absolute Gasteiger partial charge is 0.367 e. The van der Waals surface area contributed by atoms with Crippen LogP contribution in [0.3, 0.4) is 0 Å². The molecule has 0 aromatic heterocycles. The monoisotopic (exact) mass is 359 g/mol. The Kier molecular flexibility index (Phi) is 5.25. The molecule has 0 amide bonds. The molecule has 7 heteroatoms. The number of nitrogens with zero attached hydrogens (tertiary/aromatic N) is 3. The number of piperidine rings is 1. The molecule has 3 rings (SSSR count). The second kappa shape index (κ2) is 7.11. The van der Waals surface area contributed by atoms with E-state index in [-0.39, 0.29) is 12.2 Å². The predicted octanol–water partition coefficient (Wildman–Crippen LogP) is 2.99.